The fraction of sp³-hybridized carbons (Fsp3) is 0.333. The van der Waals surface area contributed by atoms with E-state index in [0.29, 0.717) is 0 Å². The summed E-state index contributed by atoms with van der Waals surface area (Å²) in [5.41, 5.74) is 5.98. The number of benzene rings is 2. The molecule has 0 unspecified atom stereocenters. The zero-order valence-corrected chi connectivity index (χ0v) is 16.7. The Hall–Kier alpha value is -2.44. The van der Waals surface area contributed by atoms with Crippen LogP contribution in [0.4, 0.5) is 5.69 Å². The molecule has 0 bridgehead atoms. The van der Waals surface area contributed by atoms with Crippen molar-refractivity contribution in [2.45, 2.75) is 32.9 Å². The standard InChI is InChI=1S/C21H24N4OS/c1-13(2)26-19-8-7-14(11-18(19)22-3)20-24-25-21(27-20)17-6-4-5-15-12-23-10-9-16(15)17/h4-8,11,13,22-23H,9-10,12H2,1-3H3. The Morgan fingerprint density at radius 3 is 2.81 bits per heavy atom. The minimum absolute atomic E-state index is 0.134. The molecule has 27 heavy (non-hydrogen) atoms. The van der Waals surface area contributed by atoms with Crippen molar-refractivity contribution in [2.75, 3.05) is 18.9 Å². The second-order valence-corrected chi connectivity index (χ2v) is 7.89. The molecular weight excluding hydrogens is 356 g/mol. The van der Waals surface area contributed by atoms with Crippen molar-refractivity contribution in [3.8, 4) is 26.9 Å². The molecule has 1 aromatic heterocycles. The van der Waals surface area contributed by atoms with Crippen LogP contribution in [-0.4, -0.2) is 29.9 Å². The van der Waals surface area contributed by atoms with Crippen LogP contribution in [0.25, 0.3) is 21.1 Å². The van der Waals surface area contributed by atoms with E-state index in [4.69, 9.17) is 4.74 Å². The van der Waals surface area contributed by atoms with Crippen molar-refractivity contribution in [3.63, 3.8) is 0 Å². The van der Waals surface area contributed by atoms with Crippen molar-refractivity contribution in [1.82, 2.24) is 15.5 Å². The van der Waals surface area contributed by atoms with Gasteiger partial charge in [0.1, 0.15) is 15.8 Å². The maximum absolute atomic E-state index is 5.86. The minimum atomic E-state index is 0.134. The first-order valence-corrected chi connectivity index (χ1v) is 10.1. The lowest BCUT2D eigenvalue weighted by Gasteiger charge is -2.19. The number of aromatic nitrogens is 2. The molecule has 3 aromatic rings. The highest BCUT2D eigenvalue weighted by Gasteiger charge is 2.17. The smallest absolute Gasteiger partial charge is 0.148 e. The molecule has 2 heterocycles. The molecule has 0 saturated heterocycles. The van der Waals surface area contributed by atoms with Gasteiger partial charge >= 0.3 is 0 Å². The van der Waals surface area contributed by atoms with Crippen LogP contribution in [0.15, 0.2) is 36.4 Å². The van der Waals surface area contributed by atoms with E-state index in [0.717, 1.165) is 46.5 Å². The first-order chi connectivity index (χ1) is 13.2. The summed E-state index contributed by atoms with van der Waals surface area (Å²) in [5, 5.41) is 17.5. The average molecular weight is 381 g/mol. The van der Waals surface area contributed by atoms with Gasteiger partial charge in [-0.1, -0.05) is 29.5 Å². The number of nitrogens with zero attached hydrogens (tertiary/aromatic N) is 2. The van der Waals surface area contributed by atoms with Gasteiger partial charge in [-0.05, 0) is 56.1 Å². The molecule has 0 amide bonds. The predicted molar refractivity (Wildman–Crippen MR) is 112 cm³/mol. The molecule has 0 aliphatic carbocycles. The Labute approximate surface area is 163 Å². The lowest BCUT2D eigenvalue weighted by atomic mass is 9.96. The minimum Gasteiger partial charge on any atom is -0.489 e. The zero-order valence-electron chi connectivity index (χ0n) is 15.9. The van der Waals surface area contributed by atoms with Crippen LogP contribution in [0, 0.1) is 0 Å². The van der Waals surface area contributed by atoms with Gasteiger partial charge in [0.25, 0.3) is 0 Å². The van der Waals surface area contributed by atoms with Gasteiger partial charge in [0.2, 0.25) is 0 Å². The molecule has 4 rings (SSSR count). The van der Waals surface area contributed by atoms with E-state index in [1.165, 1.54) is 16.7 Å². The molecule has 140 valence electrons. The Kier molecular flexibility index (Phi) is 5.09. The number of hydrogen-bond acceptors (Lipinski definition) is 6. The molecule has 1 aliphatic heterocycles. The highest BCUT2D eigenvalue weighted by Crippen LogP contribution is 2.36. The van der Waals surface area contributed by atoms with Crippen LogP contribution in [0.5, 0.6) is 5.75 Å². The van der Waals surface area contributed by atoms with E-state index in [-0.39, 0.29) is 6.10 Å². The largest absolute Gasteiger partial charge is 0.489 e. The lowest BCUT2D eigenvalue weighted by Crippen LogP contribution is -2.23. The van der Waals surface area contributed by atoms with Gasteiger partial charge in [-0.15, -0.1) is 10.2 Å². The molecule has 0 spiro atoms. The average Bonchev–Trinajstić information content (AvgIpc) is 3.17. The third kappa shape index (κ3) is 3.68. The third-order valence-corrected chi connectivity index (χ3v) is 5.66. The lowest BCUT2D eigenvalue weighted by molar-refractivity contribution is 0.244. The van der Waals surface area contributed by atoms with E-state index < -0.39 is 0 Å². The molecule has 5 nitrogen and oxygen atoms in total. The molecule has 0 saturated carbocycles. The summed E-state index contributed by atoms with van der Waals surface area (Å²) in [7, 11) is 1.90. The SMILES string of the molecule is CNc1cc(-c2nnc(-c3cccc4c3CCNC4)s2)ccc1OC(C)C. The summed E-state index contributed by atoms with van der Waals surface area (Å²) in [6, 6.07) is 12.6. The van der Waals surface area contributed by atoms with Crippen molar-refractivity contribution in [1.29, 1.82) is 0 Å². The van der Waals surface area contributed by atoms with Gasteiger partial charge in [-0.3, -0.25) is 0 Å². The highest BCUT2D eigenvalue weighted by atomic mass is 32.1. The summed E-state index contributed by atoms with van der Waals surface area (Å²) in [4.78, 5) is 0. The Morgan fingerprint density at radius 2 is 2.00 bits per heavy atom. The van der Waals surface area contributed by atoms with Gasteiger partial charge in [0, 0.05) is 24.7 Å². The summed E-state index contributed by atoms with van der Waals surface area (Å²) in [5.74, 6) is 0.852. The van der Waals surface area contributed by atoms with Gasteiger partial charge in [0.05, 0.1) is 11.8 Å². The van der Waals surface area contributed by atoms with Crippen molar-refractivity contribution in [3.05, 3.63) is 47.5 Å². The number of fused-ring (bicyclic) bond motifs is 1. The monoisotopic (exact) mass is 380 g/mol. The summed E-state index contributed by atoms with van der Waals surface area (Å²) >= 11 is 1.64. The third-order valence-electron chi connectivity index (χ3n) is 4.65. The Balaban J connectivity index is 1.67. The molecular formula is C21H24N4OS. The number of ether oxygens (including phenoxy) is 1. The van der Waals surface area contributed by atoms with Gasteiger partial charge in [-0.25, -0.2) is 0 Å². The number of hydrogen-bond donors (Lipinski definition) is 2. The number of anilines is 1. The second-order valence-electron chi connectivity index (χ2n) is 6.91. The predicted octanol–water partition coefficient (Wildman–Crippen LogP) is 4.35. The maximum Gasteiger partial charge on any atom is 0.148 e. The molecule has 0 radical (unpaired) electrons. The van der Waals surface area contributed by atoms with E-state index in [2.05, 4.69) is 45.1 Å². The van der Waals surface area contributed by atoms with Gasteiger partial charge in [0.15, 0.2) is 0 Å². The molecule has 1 aliphatic rings. The van der Waals surface area contributed by atoms with E-state index in [1.54, 1.807) is 11.3 Å². The van der Waals surface area contributed by atoms with Crippen molar-refractivity contribution >= 4 is 17.0 Å². The van der Waals surface area contributed by atoms with Crippen LogP contribution >= 0.6 is 11.3 Å². The Bertz CT molecular complexity index is 951. The fourth-order valence-electron chi connectivity index (χ4n) is 3.40. The van der Waals surface area contributed by atoms with Crippen LogP contribution in [0.3, 0.4) is 0 Å². The van der Waals surface area contributed by atoms with E-state index in [1.807, 2.05) is 33.0 Å². The highest BCUT2D eigenvalue weighted by molar-refractivity contribution is 7.17. The zero-order chi connectivity index (χ0) is 18.8. The quantitative estimate of drug-likeness (QED) is 0.689. The van der Waals surface area contributed by atoms with Crippen LogP contribution in [0.1, 0.15) is 25.0 Å². The van der Waals surface area contributed by atoms with Crippen LogP contribution < -0.4 is 15.4 Å². The summed E-state index contributed by atoms with van der Waals surface area (Å²) in [6.45, 7) is 6.00. The van der Waals surface area contributed by atoms with E-state index in [9.17, 15) is 0 Å². The summed E-state index contributed by atoms with van der Waals surface area (Å²) in [6.07, 6.45) is 1.17. The fourth-order valence-corrected chi connectivity index (χ4v) is 4.29. The van der Waals surface area contributed by atoms with Crippen LogP contribution in [0.2, 0.25) is 0 Å². The molecule has 2 aromatic carbocycles. The Morgan fingerprint density at radius 1 is 1.15 bits per heavy atom. The van der Waals surface area contributed by atoms with Gasteiger partial charge in [-0.2, -0.15) is 0 Å². The molecule has 6 heteroatoms. The normalized spacial score (nSPS) is 13.5. The topological polar surface area (TPSA) is 59.1 Å². The molecule has 0 fully saturated rings. The first-order valence-electron chi connectivity index (χ1n) is 9.30. The van der Waals surface area contributed by atoms with Crippen molar-refractivity contribution in [2.24, 2.45) is 0 Å². The second kappa shape index (κ2) is 7.66. The summed E-state index contributed by atoms with van der Waals surface area (Å²) < 4.78 is 5.86. The molecule has 2 N–H and O–H groups in total. The molecule has 0 atom stereocenters. The van der Waals surface area contributed by atoms with E-state index >= 15 is 0 Å². The first kappa shape index (κ1) is 17.9. The van der Waals surface area contributed by atoms with Crippen molar-refractivity contribution < 1.29 is 4.74 Å². The maximum atomic E-state index is 5.86. The number of rotatable bonds is 5. The van der Waals surface area contributed by atoms with Crippen LogP contribution in [-0.2, 0) is 13.0 Å². The van der Waals surface area contributed by atoms with Gasteiger partial charge < -0.3 is 15.4 Å². The number of nitrogens with one attached hydrogen (secondary N) is 2.